The average Bonchev–Trinajstić information content (AvgIpc) is 3.20. The quantitative estimate of drug-likeness (QED) is 0.245. The van der Waals surface area contributed by atoms with E-state index in [1.165, 1.54) is 0 Å². The normalized spacial score (nSPS) is 16.8. The van der Waals surface area contributed by atoms with Gasteiger partial charge in [-0.2, -0.15) is 0 Å². The maximum atomic E-state index is 13.2. The van der Waals surface area contributed by atoms with E-state index >= 15 is 0 Å². The Kier molecular flexibility index (Phi) is 6.18. The molecule has 4 aromatic carbocycles. The molecule has 4 aromatic rings. The van der Waals surface area contributed by atoms with Gasteiger partial charge in [0.05, 0.1) is 27.0 Å². The number of rotatable bonds is 5. The number of nitrogens with one attached hydrogen (secondary N) is 1. The number of anilines is 3. The fourth-order valence-electron chi connectivity index (χ4n) is 5.30. The van der Waals surface area contributed by atoms with Crippen molar-refractivity contribution in [3.05, 3.63) is 110 Å². The summed E-state index contributed by atoms with van der Waals surface area (Å²) in [5.74, 6) is 0.734. The highest BCUT2D eigenvalue weighted by atomic mass is 35.5. The van der Waals surface area contributed by atoms with Crippen LogP contribution in [0.5, 0.6) is 11.5 Å². The first-order valence-electron chi connectivity index (χ1n) is 12.3. The number of carbonyl (C=O) groups is 1. The summed E-state index contributed by atoms with van der Waals surface area (Å²) in [6, 6.07) is 22.3. The number of ether oxygens (including phenoxy) is 2. The molecule has 8 heteroatoms. The van der Waals surface area contributed by atoms with Gasteiger partial charge in [0.15, 0.2) is 5.60 Å². The Balaban J connectivity index is 1.57. The van der Waals surface area contributed by atoms with E-state index in [4.69, 9.17) is 44.3 Å². The van der Waals surface area contributed by atoms with Crippen LogP contribution < -0.4 is 15.0 Å². The lowest BCUT2D eigenvalue weighted by Gasteiger charge is -2.37. The summed E-state index contributed by atoms with van der Waals surface area (Å²) in [6.45, 7) is 5.92. The van der Waals surface area contributed by atoms with Crippen molar-refractivity contribution in [2.45, 2.75) is 19.4 Å². The minimum Gasteiger partial charge on any atom is -0.456 e. The number of nitrogens with zero attached hydrogens (tertiary/aromatic N) is 1. The predicted octanol–water partition coefficient (Wildman–Crippen LogP) is 8.80. The zero-order valence-electron chi connectivity index (χ0n) is 20.6. The molecular formula is C30H23Cl3N2O3. The molecule has 2 aliphatic heterocycles. The topological polar surface area (TPSA) is 50.8 Å². The Hall–Kier alpha value is -3.38. The van der Waals surface area contributed by atoms with E-state index in [1.54, 1.807) is 30.3 Å². The molecule has 5 nitrogen and oxygen atoms in total. The maximum Gasteiger partial charge on any atom is 0.340 e. The Morgan fingerprint density at radius 1 is 0.789 bits per heavy atom. The van der Waals surface area contributed by atoms with Gasteiger partial charge >= 0.3 is 5.97 Å². The summed E-state index contributed by atoms with van der Waals surface area (Å²) >= 11 is 19.2. The van der Waals surface area contributed by atoms with Crippen LogP contribution in [0.2, 0.25) is 15.1 Å². The highest BCUT2D eigenvalue weighted by molar-refractivity contribution is 6.37. The largest absolute Gasteiger partial charge is 0.456 e. The van der Waals surface area contributed by atoms with Crippen molar-refractivity contribution in [2.24, 2.45) is 0 Å². The number of benzene rings is 4. The number of esters is 1. The molecule has 0 radical (unpaired) electrons. The first-order chi connectivity index (χ1) is 18.3. The van der Waals surface area contributed by atoms with E-state index < -0.39 is 11.6 Å². The maximum absolute atomic E-state index is 13.2. The molecule has 0 saturated heterocycles. The third kappa shape index (κ3) is 3.80. The molecular weight excluding hydrogens is 543 g/mol. The SMILES string of the molecule is CCN(CC)c1ccc2c(c1)Oc1cc(Cl)c(Nc3ccc(Cl)cc3Cl)cc1C21OC(=O)c2ccccc21. The minimum atomic E-state index is -1.21. The molecule has 6 rings (SSSR count). The molecule has 2 heterocycles. The van der Waals surface area contributed by atoms with E-state index in [2.05, 4.69) is 24.1 Å². The van der Waals surface area contributed by atoms with E-state index in [0.29, 0.717) is 49.1 Å². The summed E-state index contributed by atoms with van der Waals surface area (Å²) in [5, 5.41) is 4.70. The molecule has 0 aliphatic carbocycles. The molecule has 1 atom stereocenters. The number of fused-ring (bicyclic) bond motifs is 6. The third-order valence-corrected chi connectivity index (χ3v) is 7.97. The van der Waals surface area contributed by atoms with E-state index in [0.717, 1.165) is 29.9 Å². The zero-order chi connectivity index (χ0) is 26.6. The van der Waals surface area contributed by atoms with Gasteiger partial charge in [-0.3, -0.25) is 0 Å². The van der Waals surface area contributed by atoms with Crippen LogP contribution in [0.4, 0.5) is 17.1 Å². The van der Waals surface area contributed by atoms with Crippen molar-refractivity contribution >= 4 is 57.8 Å². The molecule has 1 spiro atoms. The number of hydrogen-bond acceptors (Lipinski definition) is 5. The van der Waals surface area contributed by atoms with Crippen LogP contribution in [0.15, 0.2) is 72.8 Å². The number of halogens is 3. The van der Waals surface area contributed by atoms with Gasteiger partial charge in [0.1, 0.15) is 11.5 Å². The summed E-state index contributed by atoms with van der Waals surface area (Å²) in [4.78, 5) is 15.4. The lowest BCUT2D eigenvalue weighted by molar-refractivity contribution is 0.0224. The summed E-state index contributed by atoms with van der Waals surface area (Å²) in [7, 11) is 0. The zero-order valence-corrected chi connectivity index (χ0v) is 22.9. The summed E-state index contributed by atoms with van der Waals surface area (Å²) < 4.78 is 12.7. The molecule has 0 bridgehead atoms. The van der Waals surface area contributed by atoms with Crippen molar-refractivity contribution in [1.82, 2.24) is 0 Å². The standard InChI is InChI=1S/C30H23Cl3N2O3/c1-3-35(4-2)18-10-11-21-27(14-18)37-28-16-24(33)26(34-25-12-9-17(31)13-23(25)32)15-22(28)30(21)20-8-6-5-7-19(20)29(36)38-30/h5-16,34H,3-4H2,1-2H3. The highest BCUT2D eigenvalue weighted by Crippen LogP contribution is 2.57. The van der Waals surface area contributed by atoms with Crippen LogP contribution in [0.25, 0.3) is 0 Å². The second-order valence-corrected chi connectivity index (χ2v) is 10.4. The van der Waals surface area contributed by atoms with Gasteiger partial charge in [-0.15, -0.1) is 0 Å². The minimum absolute atomic E-state index is 0.391. The van der Waals surface area contributed by atoms with E-state index in [1.807, 2.05) is 42.5 Å². The second-order valence-electron chi connectivity index (χ2n) is 9.15. The molecule has 38 heavy (non-hydrogen) atoms. The van der Waals surface area contributed by atoms with Crippen LogP contribution >= 0.6 is 34.8 Å². The van der Waals surface area contributed by atoms with Crippen LogP contribution in [0.3, 0.4) is 0 Å². The van der Waals surface area contributed by atoms with Crippen molar-refractivity contribution in [2.75, 3.05) is 23.3 Å². The van der Waals surface area contributed by atoms with E-state index in [9.17, 15) is 4.79 Å². The van der Waals surface area contributed by atoms with Crippen molar-refractivity contribution in [3.63, 3.8) is 0 Å². The van der Waals surface area contributed by atoms with Gasteiger partial charge in [0.2, 0.25) is 0 Å². The monoisotopic (exact) mass is 564 g/mol. The fourth-order valence-corrected chi connectivity index (χ4v) is 5.96. The number of carbonyl (C=O) groups excluding carboxylic acids is 1. The highest BCUT2D eigenvalue weighted by Gasteiger charge is 2.53. The fraction of sp³-hybridized carbons (Fsp3) is 0.167. The molecule has 192 valence electrons. The first kappa shape index (κ1) is 24.9. The van der Waals surface area contributed by atoms with Gasteiger partial charge in [-0.05, 0) is 56.3 Å². The van der Waals surface area contributed by atoms with Gasteiger partial charge < -0.3 is 19.7 Å². The average molecular weight is 566 g/mol. The van der Waals surface area contributed by atoms with Gasteiger partial charge in [0, 0.05) is 52.6 Å². The summed E-state index contributed by atoms with van der Waals surface area (Å²) in [5.41, 5.74) is 3.72. The predicted molar refractivity (Wildman–Crippen MR) is 153 cm³/mol. The van der Waals surface area contributed by atoms with Crippen LogP contribution in [-0.4, -0.2) is 19.1 Å². The van der Waals surface area contributed by atoms with Crippen LogP contribution in [-0.2, 0) is 10.3 Å². The third-order valence-electron chi connectivity index (χ3n) is 7.11. The Labute approximate surface area is 235 Å². The lowest BCUT2D eigenvalue weighted by atomic mass is 9.77. The summed E-state index contributed by atoms with van der Waals surface area (Å²) in [6.07, 6.45) is 0. The molecule has 2 aliphatic rings. The second kappa shape index (κ2) is 9.42. The Morgan fingerprint density at radius 3 is 2.29 bits per heavy atom. The first-order valence-corrected chi connectivity index (χ1v) is 13.4. The molecule has 1 unspecified atom stereocenters. The number of hydrogen-bond donors (Lipinski definition) is 1. The van der Waals surface area contributed by atoms with Crippen molar-refractivity contribution < 1.29 is 14.3 Å². The van der Waals surface area contributed by atoms with Crippen molar-refractivity contribution in [3.8, 4) is 11.5 Å². The molecule has 0 saturated carbocycles. The molecule has 0 fully saturated rings. The Morgan fingerprint density at radius 2 is 1.53 bits per heavy atom. The smallest absolute Gasteiger partial charge is 0.340 e. The molecule has 0 amide bonds. The Bertz CT molecular complexity index is 1600. The molecule has 0 aromatic heterocycles. The van der Waals surface area contributed by atoms with E-state index in [-0.39, 0.29) is 0 Å². The van der Waals surface area contributed by atoms with Crippen LogP contribution in [0, 0.1) is 0 Å². The lowest BCUT2D eigenvalue weighted by Crippen LogP contribution is -2.33. The van der Waals surface area contributed by atoms with Crippen LogP contribution in [0.1, 0.15) is 40.9 Å². The molecule has 1 N–H and O–H groups in total. The van der Waals surface area contributed by atoms with Gasteiger partial charge in [-0.1, -0.05) is 53.0 Å². The van der Waals surface area contributed by atoms with Gasteiger partial charge in [-0.25, -0.2) is 4.79 Å². The van der Waals surface area contributed by atoms with Gasteiger partial charge in [0.25, 0.3) is 0 Å². The van der Waals surface area contributed by atoms with Crippen molar-refractivity contribution in [1.29, 1.82) is 0 Å².